The Hall–Kier alpha value is -2.62. The molecule has 0 aliphatic rings. The molecule has 0 spiro atoms. The van der Waals surface area contributed by atoms with Crippen LogP contribution < -0.4 is 5.43 Å². The molecule has 0 aliphatic carbocycles. The van der Waals surface area contributed by atoms with Crippen LogP contribution in [0.3, 0.4) is 0 Å². The SMILES string of the molecule is Cc1occc1C(=O)N/N=C/C=C/c1ccccc1. The molecule has 1 aromatic heterocycles. The van der Waals surface area contributed by atoms with Crippen LogP contribution in [0.5, 0.6) is 0 Å². The second-order valence-electron chi connectivity index (χ2n) is 3.88. The molecule has 1 aromatic carbocycles. The van der Waals surface area contributed by atoms with E-state index in [-0.39, 0.29) is 5.91 Å². The molecule has 0 atom stereocenters. The van der Waals surface area contributed by atoms with Gasteiger partial charge in [0.25, 0.3) is 5.91 Å². The highest BCUT2D eigenvalue weighted by Crippen LogP contribution is 2.07. The predicted octanol–water partition coefficient (Wildman–Crippen LogP) is 3.02. The molecule has 4 nitrogen and oxygen atoms in total. The number of carbonyl (C=O) groups excluding carboxylic acids is 1. The molecule has 0 bridgehead atoms. The summed E-state index contributed by atoms with van der Waals surface area (Å²) in [6, 6.07) is 11.5. The number of benzene rings is 1. The largest absolute Gasteiger partial charge is 0.469 e. The van der Waals surface area contributed by atoms with Crippen molar-refractivity contribution >= 4 is 18.2 Å². The van der Waals surface area contributed by atoms with E-state index in [1.165, 1.54) is 12.5 Å². The molecule has 0 unspecified atom stereocenters. The molecule has 0 saturated heterocycles. The number of amides is 1. The van der Waals surface area contributed by atoms with E-state index >= 15 is 0 Å². The minimum Gasteiger partial charge on any atom is -0.469 e. The smallest absolute Gasteiger partial charge is 0.274 e. The molecule has 19 heavy (non-hydrogen) atoms. The number of furan rings is 1. The van der Waals surface area contributed by atoms with Crippen LogP contribution in [0.25, 0.3) is 6.08 Å². The van der Waals surface area contributed by atoms with Crippen LogP contribution in [0.2, 0.25) is 0 Å². The first-order chi connectivity index (χ1) is 9.27. The lowest BCUT2D eigenvalue weighted by Crippen LogP contribution is -2.17. The van der Waals surface area contributed by atoms with Gasteiger partial charge < -0.3 is 4.42 Å². The molecule has 4 heteroatoms. The lowest BCUT2D eigenvalue weighted by atomic mass is 10.2. The highest BCUT2D eigenvalue weighted by Gasteiger charge is 2.09. The molecular formula is C15H14N2O2. The van der Waals surface area contributed by atoms with Crippen molar-refractivity contribution in [1.82, 2.24) is 5.43 Å². The van der Waals surface area contributed by atoms with Gasteiger partial charge in [0, 0.05) is 6.21 Å². The first-order valence-corrected chi connectivity index (χ1v) is 5.86. The Morgan fingerprint density at radius 2 is 2.05 bits per heavy atom. The van der Waals surface area contributed by atoms with Crippen molar-refractivity contribution in [2.45, 2.75) is 6.92 Å². The maximum absolute atomic E-state index is 11.7. The molecule has 0 saturated carbocycles. The Bertz CT molecular complexity index is 598. The summed E-state index contributed by atoms with van der Waals surface area (Å²) < 4.78 is 5.04. The van der Waals surface area contributed by atoms with Gasteiger partial charge in [-0.05, 0) is 24.6 Å². The number of aryl methyl sites for hydroxylation is 1. The number of allylic oxidation sites excluding steroid dienone is 1. The molecule has 2 aromatic rings. The topological polar surface area (TPSA) is 54.6 Å². The molecule has 1 heterocycles. The van der Waals surface area contributed by atoms with Gasteiger partial charge in [-0.2, -0.15) is 5.10 Å². The van der Waals surface area contributed by atoms with E-state index in [0.29, 0.717) is 11.3 Å². The first kappa shape index (κ1) is 12.8. The zero-order chi connectivity index (χ0) is 13.5. The van der Waals surface area contributed by atoms with Gasteiger partial charge in [-0.15, -0.1) is 0 Å². The Morgan fingerprint density at radius 1 is 1.26 bits per heavy atom. The van der Waals surface area contributed by atoms with Crippen LogP contribution in [0.1, 0.15) is 21.7 Å². The van der Waals surface area contributed by atoms with Crippen molar-refractivity contribution in [3.05, 3.63) is 65.6 Å². The summed E-state index contributed by atoms with van der Waals surface area (Å²) in [7, 11) is 0. The summed E-state index contributed by atoms with van der Waals surface area (Å²) in [5, 5.41) is 3.83. The van der Waals surface area contributed by atoms with Crippen LogP contribution in [-0.2, 0) is 0 Å². The maximum atomic E-state index is 11.7. The molecule has 2 rings (SSSR count). The second kappa shape index (κ2) is 6.35. The van der Waals surface area contributed by atoms with E-state index in [1.807, 2.05) is 36.4 Å². The second-order valence-corrected chi connectivity index (χ2v) is 3.88. The van der Waals surface area contributed by atoms with Gasteiger partial charge >= 0.3 is 0 Å². The third kappa shape index (κ3) is 3.67. The summed E-state index contributed by atoms with van der Waals surface area (Å²) in [4.78, 5) is 11.7. The summed E-state index contributed by atoms with van der Waals surface area (Å²) in [5.74, 6) is 0.295. The van der Waals surface area contributed by atoms with E-state index in [9.17, 15) is 4.79 Å². The summed E-state index contributed by atoms with van der Waals surface area (Å²) in [6.07, 6.45) is 6.67. The number of hydrogen-bond donors (Lipinski definition) is 1. The minimum atomic E-state index is -0.282. The van der Waals surface area contributed by atoms with Crippen LogP contribution in [0, 0.1) is 6.92 Å². The molecule has 0 radical (unpaired) electrons. The number of hydrazone groups is 1. The lowest BCUT2D eigenvalue weighted by Gasteiger charge is -1.95. The number of nitrogens with zero attached hydrogens (tertiary/aromatic N) is 1. The minimum absolute atomic E-state index is 0.282. The summed E-state index contributed by atoms with van der Waals surface area (Å²) >= 11 is 0. The number of rotatable bonds is 4. The monoisotopic (exact) mass is 254 g/mol. The molecular weight excluding hydrogens is 240 g/mol. The van der Waals surface area contributed by atoms with E-state index in [2.05, 4.69) is 10.5 Å². The van der Waals surface area contributed by atoms with Gasteiger partial charge in [-0.1, -0.05) is 36.4 Å². The maximum Gasteiger partial charge on any atom is 0.274 e. The fourth-order valence-electron chi connectivity index (χ4n) is 1.54. The standard InChI is InChI=1S/C15H14N2O2/c1-12-14(9-11-19-12)15(18)17-16-10-5-8-13-6-3-2-4-7-13/h2-11H,1H3,(H,17,18)/b8-5+,16-10+. The average Bonchev–Trinajstić information content (AvgIpc) is 2.86. The van der Waals surface area contributed by atoms with Gasteiger partial charge in [0.05, 0.1) is 11.8 Å². The van der Waals surface area contributed by atoms with Gasteiger partial charge in [-0.25, -0.2) is 5.43 Å². The third-order valence-electron chi connectivity index (χ3n) is 2.52. The quantitative estimate of drug-likeness (QED) is 0.673. The Morgan fingerprint density at radius 3 is 2.74 bits per heavy atom. The van der Waals surface area contributed by atoms with Crippen LogP contribution in [0.4, 0.5) is 0 Å². The first-order valence-electron chi connectivity index (χ1n) is 5.86. The molecule has 1 N–H and O–H groups in total. The van der Waals surface area contributed by atoms with Gasteiger partial charge in [-0.3, -0.25) is 4.79 Å². The van der Waals surface area contributed by atoms with Gasteiger partial charge in [0.2, 0.25) is 0 Å². The average molecular weight is 254 g/mol. The van der Waals surface area contributed by atoms with Gasteiger partial charge in [0.15, 0.2) is 0 Å². The molecule has 96 valence electrons. The van der Waals surface area contributed by atoms with Crippen LogP contribution in [-0.4, -0.2) is 12.1 Å². The zero-order valence-electron chi connectivity index (χ0n) is 10.5. The normalized spacial score (nSPS) is 11.2. The van der Waals surface area contributed by atoms with Crippen molar-refractivity contribution in [2.75, 3.05) is 0 Å². The number of hydrogen-bond acceptors (Lipinski definition) is 3. The Labute approximate surface area is 111 Å². The van der Waals surface area contributed by atoms with Crippen molar-refractivity contribution in [3.63, 3.8) is 0 Å². The highest BCUT2D eigenvalue weighted by molar-refractivity contribution is 5.95. The third-order valence-corrected chi connectivity index (χ3v) is 2.52. The van der Waals surface area contributed by atoms with Crippen molar-refractivity contribution < 1.29 is 9.21 Å². The summed E-state index contributed by atoms with van der Waals surface area (Å²) in [5.41, 5.74) is 4.00. The predicted molar refractivity (Wildman–Crippen MR) is 74.9 cm³/mol. The van der Waals surface area contributed by atoms with Crippen molar-refractivity contribution in [3.8, 4) is 0 Å². The van der Waals surface area contributed by atoms with E-state index in [4.69, 9.17) is 4.42 Å². The molecule has 1 amide bonds. The number of carbonyl (C=O) groups is 1. The van der Waals surface area contributed by atoms with Crippen molar-refractivity contribution in [1.29, 1.82) is 0 Å². The number of nitrogens with one attached hydrogen (secondary N) is 1. The zero-order valence-corrected chi connectivity index (χ0v) is 10.5. The fourth-order valence-corrected chi connectivity index (χ4v) is 1.54. The van der Waals surface area contributed by atoms with Crippen molar-refractivity contribution in [2.24, 2.45) is 5.10 Å². The van der Waals surface area contributed by atoms with Crippen LogP contribution in [0.15, 0.2) is 58.3 Å². The van der Waals surface area contributed by atoms with E-state index in [1.54, 1.807) is 19.1 Å². The Kier molecular flexibility index (Phi) is 4.29. The van der Waals surface area contributed by atoms with E-state index < -0.39 is 0 Å². The Balaban J connectivity index is 1.86. The summed E-state index contributed by atoms with van der Waals surface area (Å²) in [6.45, 7) is 1.73. The van der Waals surface area contributed by atoms with E-state index in [0.717, 1.165) is 5.56 Å². The van der Waals surface area contributed by atoms with Gasteiger partial charge in [0.1, 0.15) is 5.76 Å². The molecule has 0 aliphatic heterocycles. The van der Waals surface area contributed by atoms with Crippen LogP contribution >= 0.6 is 0 Å². The highest BCUT2D eigenvalue weighted by atomic mass is 16.3. The fraction of sp³-hybridized carbons (Fsp3) is 0.0667. The molecule has 0 fully saturated rings. The lowest BCUT2D eigenvalue weighted by molar-refractivity contribution is 0.0953.